The third kappa shape index (κ3) is 2.81. The number of aryl methyl sites for hydroxylation is 2. The maximum Gasteiger partial charge on any atom is 0.0900 e. The number of hydrogen-bond acceptors (Lipinski definition) is 4. The van der Waals surface area contributed by atoms with Gasteiger partial charge >= 0.3 is 0 Å². The molecule has 1 aliphatic rings. The van der Waals surface area contributed by atoms with E-state index in [0.717, 1.165) is 30.2 Å². The van der Waals surface area contributed by atoms with E-state index in [-0.39, 0.29) is 0 Å². The summed E-state index contributed by atoms with van der Waals surface area (Å²) >= 11 is 1.78. The van der Waals surface area contributed by atoms with Gasteiger partial charge in [0.1, 0.15) is 0 Å². The van der Waals surface area contributed by atoms with Gasteiger partial charge in [-0.1, -0.05) is 0 Å². The summed E-state index contributed by atoms with van der Waals surface area (Å²) in [5, 5.41) is 13.6. The van der Waals surface area contributed by atoms with Crippen molar-refractivity contribution < 1.29 is 5.11 Å². The minimum atomic E-state index is 0.320. The first-order valence-electron chi connectivity index (χ1n) is 5.90. The number of aromatic nitrogens is 1. The van der Waals surface area contributed by atoms with E-state index in [0.29, 0.717) is 12.0 Å². The van der Waals surface area contributed by atoms with E-state index < -0.39 is 0 Å². The first kappa shape index (κ1) is 12.0. The van der Waals surface area contributed by atoms with Crippen LogP contribution in [0.25, 0.3) is 0 Å². The summed E-state index contributed by atoms with van der Waals surface area (Å²) in [5.74, 6) is 0. The molecule has 0 atom stereocenters. The van der Waals surface area contributed by atoms with Crippen LogP contribution in [-0.2, 0) is 6.54 Å². The smallest absolute Gasteiger partial charge is 0.0900 e. The number of thiazole rings is 1. The summed E-state index contributed by atoms with van der Waals surface area (Å²) in [4.78, 5) is 5.76. The fraction of sp³-hybridized carbons (Fsp3) is 0.750. The van der Waals surface area contributed by atoms with Gasteiger partial charge in [0.25, 0.3) is 0 Å². The van der Waals surface area contributed by atoms with E-state index in [1.165, 1.54) is 17.7 Å². The minimum Gasteiger partial charge on any atom is -0.396 e. The molecule has 0 aromatic carbocycles. The average molecular weight is 240 g/mol. The Morgan fingerprint density at radius 2 is 2.19 bits per heavy atom. The lowest BCUT2D eigenvalue weighted by Crippen LogP contribution is -2.24. The predicted octanol–water partition coefficient (Wildman–Crippen LogP) is 2.01. The van der Waals surface area contributed by atoms with E-state index in [9.17, 15) is 0 Å². The Hall–Kier alpha value is -0.450. The van der Waals surface area contributed by atoms with Gasteiger partial charge in [0.2, 0.25) is 0 Å². The van der Waals surface area contributed by atoms with Gasteiger partial charge in [-0.25, -0.2) is 4.98 Å². The van der Waals surface area contributed by atoms with Crippen molar-refractivity contribution in [3.05, 3.63) is 15.6 Å². The van der Waals surface area contributed by atoms with Crippen LogP contribution in [0.2, 0.25) is 0 Å². The number of nitrogens with zero attached hydrogens (tertiary/aromatic N) is 1. The molecule has 3 nitrogen and oxygen atoms in total. The van der Waals surface area contributed by atoms with Gasteiger partial charge < -0.3 is 10.4 Å². The molecule has 1 saturated carbocycles. The molecule has 90 valence electrons. The van der Waals surface area contributed by atoms with Gasteiger partial charge in [-0.15, -0.1) is 11.3 Å². The fourth-order valence-electron chi connectivity index (χ4n) is 2.11. The maximum absolute atomic E-state index is 8.97. The highest BCUT2D eigenvalue weighted by Gasteiger charge is 2.41. The van der Waals surface area contributed by atoms with Crippen LogP contribution in [0.5, 0.6) is 0 Å². The molecule has 0 radical (unpaired) electrons. The highest BCUT2D eigenvalue weighted by atomic mass is 32.1. The lowest BCUT2D eigenvalue weighted by atomic mass is 10.0. The van der Waals surface area contributed by atoms with Crippen molar-refractivity contribution in [1.29, 1.82) is 0 Å². The minimum absolute atomic E-state index is 0.320. The predicted molar refractivity (Wildman–Crippen MR) is 66.7 cm³/mol. The third-order valence-electron chi connectivity index (χ3n) is 3.38. The molecule has 0 spiro atoms. The molecule has 0 bridgehead atoms. The maximum atomic E-state index is 8.97. The summed E-state index contributed by atoms with van der Waals surface area (Å²) < 4.78 is 0. The Kier molecular flexibility index (Phi) is 3.62. The number of hydrogen-bond donors (Lipinski definition) is 2. The largest absolute Gasteiger partial charge is 0.396 e. The SMILES string of the molecule is Cc1nc(C)c(CNCC2(CCO)CC2)s1. The van der Waals surface area contributed by atoms with Crippen LogP contribution in [-0.4, -0.2) is 23.2 Å². The third-order valence-corrected chi connectivity index (χ3v) is 4.46. The second-order valence-corrected chi connectivity index (χ2v) is 6.11. The lowest BCUT2D eigenvalue weighted by Gasteiger charge is -2.13. The van der Waals surface area contributed by atoms with E-state index in [1.807, 2.05) is 0 Å². The van der Waals surface area contributed by atoms with Crippen LogP contribution >= 0.6 is 11.3 Å². The average Bonchev–Trinajstić information content (AvgIpc) is 2.89. The number of aliphatic hydroxyl groups excluding tert-OH is 1. The molecule has 1 aromatic heterocycles. The molecule has 4 heteroatoms. The van der Waals surface area contributed by atoms with Crippen LogP contribution in [0.1, 0.15) is 34.8 Å². The van der Waals surface area contributed by atoms with Crippen molar-refractivity contribution in [3.8, 4) is 0 Å². The summed E-state index contributed by atoms with van der Waals surface area (Å²) in [6.45, 7) is 6.39. The quantitative estimate of drug-likeness (QED) is 0.799. The second-order valence-electron chi connectivity index (χ2n) is 4.82. The van der Waals surface area contributed by atoms with Crippen molar-refractivity contribution >= 4 is 11.3 Å². The molecule has 1 fully saturated rings. The highest BCUT2D eigenvalue weighted by Crippen LogP contribution is 2.47. The summed E-state index contributed by atoms with van der Waals surface area (Å²) in [6.07, 6.45) is 3.48. The lowest BCUT2D eigenvalue weighted by molar-refractivity contribution is 0.245. The molecule has 0 unspecified atom stereocenters. The van der Waals surface area contributed by atoms with Gasteiger partial charge in [-0.05, 0) is 38.5 Å². The fourth-order valence-corrected chi connectivity index (χ4v) is 3.01. The Bertz CT molecular complexity index is 358. The topological polar surface area (TPSA) is 45.2 Å². The standard InChI is InChI=1S/C12H20N2OS/c1-9-11(16-10(2)14-9)7-13-8-12(3-4-12)5-6-15/h13,15H,3-8H2,1-2H3. The van der Waals surface area contributed by atoms with Gasteiger partial charge in [-0.2, -0.15) is 0 Å². The zero-order valence-electron chi connectivity index (χ0n) is 10.0. The molecule has 1 heterocycles. The Labute approximate surface area is 101 Å². The van der Waals surface area contributed by atoms with Crippen molar-refractivity contribution in [2.75, 3.05) is 13.2 Å². The van der Waals surface area contributed by atoms with E-state index in [4.69, 9.17) is 5.11 Å². The molecule has 0 aliphatic heterocycles. The van der Waals surface area contributed by atoms with Crippen molar-refractivity contribution in [1.82, 2.24) is 10.3 Å². The first-order chi connectivity index (χ1) is 7.65. The van der Waals surface area contributed by atoms with Gasteiger partial charge in [0.05, 0.1) is 10.7 Å². The zero-order valence-corrected chi connectivity index (χ0v) is 10.9. The molecule has 1 aliphatic carbocycles. The van der Waals surface area contributed by atoms with Crippen LogP contribution in [0.3, 0.4) is 0 Å². The van der Waals surface area contributed by atoms with Crippen molar-refractivity contribution in [2.45, 2.75) is 39.7 Å². The summed E-state index contributed by atoms with van der Waals surface area (Å²) in [7, 11) is 0. The molecule has 0 amide bonds. The molecular formula is C12H20N2OS. The molecule has 1 aromatic rings. The summed E-state index contributed by atoms with van der Waals surface area (Å²) in [6, 6.07) is 0. The van der Waals surface area contributed by atoms with Crippen molar-refractivity contribution in [2.24, 2.45) is 5.41 Å². The van der Waals surface area contributed by atoms with Crippen LogP contribution < -0.4 is 5.32 Å². The van der Waals surface area contributed by atoms with Gasteiger partial charge in [-0.3, -0.25) is 0 Å². The van der Waals surface area contributed by atoms with Crippen molar-refractivity contribution in [3.63, 3.8) is 0 Å². The molecule has 16 heavy (non-hydrogen) atoms. The number of nitrogens with one attached hydrogen (secondary N) is 1. The Morgan fingerprint density at radius 3 is 2.69 bits per heavy atom. The van der Waals surface area contributed by atoms with Gasteiger partial charge in [0, 0.05) is 24.6 Å². The number of rotatable bonds is 6. The highest BCUT2D eigenvalue weighted by molar-refractivity contribution is 7.11. The van der Waals surface area contributed by atoms with E-state index in [1.54, 1.807) is 11.3 Å². The molecule has 0 saturated heterocycles. The first-order valence-corrected chi connectivity index (χ1v) is 6.71. The van der Waals surface area contributed by atoms with Gasteiger partial charge in [0.15, 0.2) is 0 Å². The van der Waals surface area contributed by atoms with Crippen LogP contribution in [0.15, 0.2) is 0 Å². The summed E-state index contributed by atoms with van der Waals surface area (Å²) in [5.41, 5.74) is 1.56. The van der Waals surface area contributed by atoms with Crippen LogP contribution in [0.4, 0.5) is 0 Å². The normalized spacial score (nSPS) is 17.7. The number of aliphatic hydroxyl groups is 1. The molecule has 2 rings (SSSR count). The zero-order chi connectivity index (χ0) is 11.6. The monoisotopic (exact) mass is 240 g/mol. The van der Waals surface area contributed by atoms with Crippen LogP contribution in [0, 0.1) is 19.3 Å². The molecule has 2 N–H and O–H groups in total. The second kappa shape index (κ2) is 4.82. The van der Waals surface area contributed by atoms with E-state index >= 15 is 0 Å². The van der Waals surface area contributed by atoms with E-state index in [2.05, 4.69) is 24.1 Å². The molecular weight excluding hydrogens is 220 g/mol. The Morgan fingerprint density at radius 1 is 1.44 bits per heavy atom. The Balaban J connectivity index is 1.78.